The molecule has 0 unspecified atom stereocenters. The molecule has 164 valence electrons. The number of rotatable bonds is 6. The van der Waals surface area contributed by atoms with E-state index in [1.165, 1.54) is 5.56 Å². The minimum absolute atomic E-state index is 0.0242. The highest BCUT2D eigenvalue weighted by molar-refractivity contribution is 6.04. The van der Waals surface area contributed by atoms with Crippen molar-refractivity contribution in [3.8, 4) is 0 Å². The molecule has 0 fully saturated rings. The fourth-order valence-corrected chi connectivity index (χ4v) is 3.35. The van der Waals surface area contributed by atoms with E-state index in [1.807, 2.05) is 36.4 Å². The van der Waals surface area contributed by atoms with Gasteiger partial charge in [0.25, 0.3) is 5.91 Å². The number of carbonyl (C=O) groups is 1. The summed E-state index contributed by atoms with van der Waals surface area (Å²) in [4.78, 5) is 17.3. The summed E-state index contributed by atoms with van der Waals surface area (Å²) in [5, 5.41) is 10.5. The van der Waals surface area contributed by atoms with Crippen LogP contribution in [0.25, 0.3) is 5.65 Å². The summed E-state index contributed by atoms with van der Waals surface area (Å²) in [6.45, 7) is 6.45. The molecule has 1 amide bonds. The second-order valence-corrected chi connectivity index (χ2v) is 8.71. The Morgan fingerprint density at radius 3 is 2.34 bits per heavy atom. The number of nitrogens with one attached hydrogen (secondary N) is 2. The molecule has 4 rings (SSSR count). The average Bonchev–Trinajstić information content (AvgIpc) is 3.26. The Labute approximate surface area is 186 Å². The molecule has 0 radical (unpaired) electrons. The molecule has 2 aromatic carbocycles. The lowest BCUT2D eigenvalue weighted by atomic mass is 9.87. The van der Waals surface area contributed by atoms with Crippen LogP contribution in [0.2, 0.25) is 0 Å². The number of hydrogen-bond acceptors (Lipinski definition) is 4. The molecular weight excluding hydrogens is 405 g/mol. The number of nitrogens with zero attached hydrogens (tertiary/aromatic N) is 3. The fourth-order valence-electron chi connectivity index (χ4n) is 3.35. The minimum atomic E-state index is -0.478. The Bertz CT molecular complexity index is 1220. The lowest BCUT2D eigenvalue weighted by molar-refractivity contribution is 0.102. The third-order valence-electron chi connectivity index (χ3n) is 5.26. The van der Waals surface area contributed by atoms with Gasteiger partial charge in [-0.15, -0.1) is 0 Å². The van der Waals surface area contributed by atoms with Gasteiger partial charge in [-0.2, -0.15) is 9.61 Å². The number of halogens is 1. The molecule has 0 bridgehead atoms. The smallest absolute Gasteiger partial charge is 0.256 e. The number of aromatic nitrogens is 3. The normalized spacial score (nSPS) is 11.5. The van der Waals surface area contributed by atoms with Gasteiger partial charge in [0.15, 0.2) is 5.65 Å². The highest BCUT2D eigenvalue weighted by atomic mass is 19.1. The molecule has 2 aromatic heterocycles. The number of hydrogen-bond donors (Lipinski definition) is 2. The lowest BCUT2D eigenvalue weighted by Crippen LogP contribution is -2.16. The summed E-state index contributed by atoms with van der Waals surface area (Å²) in [5.41, 5.74) is 4.02. The summed E-state index contributed by atoms with van der Waals surface area (Å²) in [7, 11) is 0. The van der Waals surface area contributed by atoms with Gasteiger partial charge in [-0.1, -0.05) is 57.2 Å². The molecule has 0 atom stereocenters. The van der Waals surface area contributed by atoms with Crippen LogP contribution < -0.4 is 10.6 Å². The third-order valence-corrected chi connectivity index (χ3v) is 5.26. The van der Waals surface area contributed by atoms with Crippen molar-refractivity contribution in [2.75, 3.05) is 10.6 Å². The topological polar surface area (TPSA) is 71.3 Å². The van der Waals surface area contributed by atoms with Crippen molar-refractivity contribution in [3.05, 3.63) is 89.1 Å². The highest BCUT2D eigenvalue weighted by Gasteiger charge is 2.15. The van der Waals surface area contributed by atoms with Gasteiger partial charge in [-0.3, -0.25) is 4.79 Å². The highest BCUT2D eigenvalue weighted by Crippen LogP contribution is 2.23. The zero-order valence-corrected chi connectivity index (χ0v) is 18.4. The maximum absolute atomic E-state index is 12.8. The Morgan fingerprint density at radius 1 is 1.00 bits per heavy atom. The molecule has 0 spiro atoms. The van der Waals surface area contributed by atoms with E-state index in [2.05, 4.69) is 41.5 Å². The number of anilines is 2. The number of amides is 1. The number of fused-ring (bicyclic) bond motifs is 1. The van der Waals surface area contributed by atoms with Crippen LogP contribution in [-0.4, -0.2) is 20.5 Å². The molecule has 2 N–H and O–H groups in total. The van der Waals surface area contributed by atoms with Gasteiger partial charge in [-0.25, -0.2) is 9.37 Å². The predicted molar refractivity (Wildman–Crippen MR) is 125 cm³/mol. The van der Waals surface area contributed by atoms with Crippen LogP contribution in [-0.2, 0) is 18.6 Å². The maximum atomic E-state index is 12.8. The molecule has 4 aromatic rings. The van der Waals surface area contributed by atoms with Crippen LogP contribution in [0.5, 0.6) is 0 Å². The van der Waals surface area contributed by atoms with E-state index in [9.17, 15) is 9.18 Å². The zero-order chi connectivity index (χ0) is 22.7. The summed E-state index contributed by atoms with van der Waals surface area (Å²) in [6.07, 6.45) is 1.65. The Balaban J connectivity index is 1.52. The third kappa shape index (κ3) is 4.77. The lowest BCUT2D eigenvalue weighted by Gasteiger charge is -2.19. The standard InChI is InChI=1S/C25H26FN5O/c1-25(2,3)20-10-8-19(9-11-20)24(32)30-21-14-23(31-22(29-21)12-13-28-31)27-16-18-6-4-17(15-26)5-7-18/h4-14,27H,15-16H2,1-3H3,(H,29,30,32). The second-order valence-electron chi connectivity index (χ2n) is 8.71. The fraction of sp³-hybridized carbons (Fsp3) is 0.240. The van der Waals surface area contributed by atoms with Crippen LogP contribution in [0.3, 0.4) is 0 Å². The number of alkyl halides is 1. The van der Waals surface area contributed by atoms with Gasteiger partial charge in [0, 0.05) is 24.2 Å². The van der Waals surface area contributed by atoms with Crippen LogP contribution in [0.4, 0.5) is 16.0 Å². The molecular formula is C25H26FN5O. The quantitative estimate of drug-likeness (QED) is 0.431. The van der Waals surface area contributed by atoms with Crippen molar-refractivity contribution in [3.63, 3.8) is 0 Å². The molecule has 0 saturated heterocycles. The zero-order valence-electron chi connectivity index (χ0n) is 18.4. The van der Waals surface area contributed by atoms with Crippen LogP contribution >= 0.6 is 0 Å². The molecule has 0 aliphatic heterocycles. The van der Waals surface area contributed by atoms with E-state index in [-0.39, 0.29) is 11.3 Å². The predicted octanol–water partition coefficient (Wildman–Crippen LogP) is 5.36. The first-order chi connectivity index (χ1) is 15.3. The SMILES string of the molecule is CC(C)(C)c1ccc(C(=O)Nc2cc(NCc3ccc(CF)cc3)n3nccc3n2)cc1. The maximum Gasteiger partial charge on any atom is 0.256 e. The van der Waals surface area contributed by atoms with Crippen LogP contribution in [0.15, 0.2) is 66.9 Å². The molecule has 0 saturated carbocycles. The summed E-state index contributed by atoms with van der Waals surface area (Å²) >= 11 is 0. The van der Waals surface area contributed by atoms with Crippen LogP contribution in [0, 0.1) is 0 Å². The van der Waals surface area contributed by atoms with Crippen LogP contribution in [0.1, 0.15) is 47.8 Å². The van der Waals surface area contributed by atoms with Gasteiger partial charge in [0.2, 0.25) is 0 Å². The monoisotopic (exact) mass is 431 g/mol. The van der Waals surface area contributed by atoms with Gasteiger partial charge in [-0.05, 0) is 34.2 Å². The van der Waals surface area contributed by atoms with Crippen molar-refractivity contribution in [2.45, 2.75) is 39.4 Å². The van der Waals surface area contributed by atoms with Gasteiger partial charge >= 0.3 is 0 Å². The van der Waals surface area contributed by atoms with Gasteiger partial charge < -0.3 is 10.6 Å². The number of carbonyl (C=O) groups excluding carboxylic acids is 1. The molecule has 2 heterocycles. The Morgan fingerprint density at radius 2 is 1.69 bits per heavy atom. The Kier molecular flexibility index (Phi) is 5.90. The van der Waals surface area contributed by atoms with E-state index in [1.54, 1.807) is 35.0 Å². The van der Waals surface area contributed by atoms with Crippen molar-refractivity contribution < 1.29 is 9.18 Å². The summed E-state index contributed by atoms with van der Waals surface area (Å²) in [5.74, 6) is 0.890. The first-order valence-electron chi connectivity index (χ1n) is 10.5. The molecule has 32 heavy (non-hydrogen) atoms. The van der Waals surface area contributed by atoms with Crippen molar-refractivity contribution in [1.29, 1.82) is 0 Å². The van der Waals surface area contributed by atoms with E-state index in [4.69, 9.17) is 0 Å². The van der Waals surface area contributed by atoms with Crippen molar-refractivity contribution in [1.82, 2.24) is 14.6 Å². The first kappa shape index (κ1) is 21.5. The van der Waals surface area contributed by atoms with Crippen molar-refractivity contribution in [2.24, 2.45) is 0 Å². The van der Waals surface area contributed by atoms with Crippen molar-refractivity contribution >= 4 is 23.2 Å². The Hall–Kier alpha value is -3.74. The summed E-state index contributed by atoms with van der Waals surface area (Å²) < 4.78 is 14.4. The number of benzene rings is 2. The van der Waals surface area contributed by atoms with E-state index >= 15 is 0 Å². The van der Waals surface area contributed by atoms with E-state index in [0.717, 1.165) is 5.56 Å². The van der Waals surface area contributed by atoms with E-state index in [0.29, 0.717) is 35.0 Å². The van der Waals surface area contributed by atoms with E-state index < -0.39 is 6.67 Å². The second kappa shape index (κ2) is 8.78. The molecule has 0 aliphatic rings. The molecule has 0 aliphatic carbocycles. The van der Waals surface area contributed by atoms with Gasteiger partial charge in [0.05, 0.1) is 6.20 Å². The summed E-state index contributed by atoms with van der Waals surface area (Å²) in [6, 6.07) is 18.4. The largest absolute Gasteiger partial charge is 0.366 e. The molecule has 7 heteroatoms. The minimum Gasteiger partial charge on any atom is -0.366 e. The molecule has 6 nitrogen and oxygen atoms in total. The first-order valence-corrected chi connectivity index (χ1v) is 10.5. The van der Waals surface area contributed by atoms with Gasteiger partial charge in [0.1, 0.15) is 18.3 Å². The average molecular weight is 432 g/mol.